The summed E-state index contributed by atoms with van der Waals surface area (Å²) in [6.07, 6.45) is 3.46. The van der Waals surface area contributed by atoms with Crippen LogP contribution in [0.3, 0.4) is 0 Å². The molecule has 3 N–H and O–H groups in total. The van der Waals surface area contributed by atoms with Gasteiger partial charge in [-0.2, -0.15) is 5.10 Å². The lowest BCUT2D eigenvalue weighted by Gasteiger charge is -2.18. The van der Waals surface area contributed by atoms with Crippen molar-refractivity contribution in [3.8, 4) is 11.4 Å². The van der Waals surface area contributed by atoms with Crippen molar-refractivity contribution in [3.63, 3.8) is 0 Å². The number of pyridine rings is 1. The lowest BCUT2D eigenvalue weighted by atomic mass is 10.2. The van der Waals surface area contributed by atoms with Crippen LogP contribution in [0.5, 0.6) is 0 Å². The molecular weight excluding hydrogens is 384 g/mol. The molecule has 6 nitrogen and oxygen atoms in total. The smallest absolute Gasteiger partial charge is 0.181 e. The first kappa shape index (κ1) is 19.1. The Balaban J connectivity index is 1.52. The van der Waals surface area contributed by atoms with E-state index in [1.807, 2.05) is 54.6 Å². The Morgan fingerprint density at radius 2 is 1.79 bits per heavy atom. The average Bonchev–Trinajstić information content (AvgIpc) is 3.25. The standard InChI is InChI=1S/C22H21ClN6/c23-18-7-4-8-19(13-18)26-20(15-25-14-16-5-2-1-3-6-16)22-27-21(28-29-22)17-9-11-24-12-10-17/h1-13,20,25-26H,14-15H2,(H,27,28,29). The maximum Gasteiger partial charge on any atom is 0.181 e. The Morgan fingerprint density at radius 1 is 0.966 bits per heavy atom. The van der Waals surface area contributed by atoms with Gasteiger partial charge in [0.1, 0.15) is 5.82 Å². The van der Waals surface area contributed by atoms with E-state index in [4.69, 9.17) is 16.6 Å². The van der Waals surface area contributed by atoms with Gasteiger partial charge in [0.2, 0.25) is 0 Å². The Bertz CT molecular complexity index is 1040. The predicted molar refractivity (Wildman–Crippen MR) is 116 cm³/mol. The van der Waals surface area contributed by atoms with E-state index in [1.165, 1.54) is 5.56 Å². The van der Waals surface area contributed by atoms with E-state index < -0.39 is 0 Å². The molecule has 2 heterocycles. The molecule has 2 aromatic carbocycles. The highest BCUT2D eigenvalue weighted by molar-refractivity contribution is 6.30. The van der Waals surface area contributed by atoms with Gasteiger partial charge in [0, 0.05) is 41.8 Å². The third-order valence-electron chi connectivity index (χ3n) is 4.46. The van der Waals surface area contributed by atoms with Crippen molar-refractivity contribution < 1.29 is 0 Å². The molecule has 0 aliphatic rings. The van der Waals surface area contributed by atoms with Crippen LogP contribution in [0.25, 0.3) is 11.4 Å². The number of nitrogens with zero attached hydrogens (tertiary/aromatic N) is 3. The molecule has 0 aliphatic heterocycles. The van der Waals surface area contributed by atoms with Gasteiger partial charge in [-0.25, -0.2) is 4.98 Å². The van der Waals surface area contributed by atoms with Crippen molar-refractivity contribution in [2.24, 2.45) is 0 Å². The molecule has 0 aliphatic carbocycles. The highest BCUT2D eigenvalue weighted by Crippen LogP contribution is 2.22. The molecule has 4 aromatic rings. The van der Waals surface area contributed by atoms with Crippen molar-refractivity contribution in [1.82, 2.24) is 25.5 Å². The molecule has 0 saturated carbocycles. The SMILES string of the molecule is Clc1cccc(NC(CNCc2ccccc2)c2nc(-c3ccncc3)n[nH]2)c1. The van der Waals surface area contributed by atoms with Crippen LogP contribution in [0.4, 0.5) is 5.69 Å². The van der Waals surface area contributed by atoms with Gasteiger partial charge in [-0.05, 0) is 35.9 Å². The lowest BCUT2D eigenvalue weighted by molar-refractivity contribution is 0.602. The summed E-state index contributed by atoms with van der Waals surface area (Å²) < 4.78 is 0. The maximum atomic E-state index is 6.15. The first-order valence-electron chi connectivity index (χ1n) is 9.37. The van der Waals surface area contributed by atoms with E-state index in [1.54, 1.807) is 12.4 Å². The number of aromatic nitrogens is 4. The Hall–Kier alpha value is -3.22. The van der Waals surface area contributed by atoms with Gasteiger partial charge in [-0.3, -0.25) is 10.1 Å². The van der Waals surface area contributed by atoms with Gasteiger partial charge in [-0.1, -0.05) is 48.0 Å². The molecule has 0 fully saturated rings. The topological polar surface area (TPSA) is 78.5 Å². The minimum absolute atomic E-state index is 0.111. The van der Waals surface area contributed by atoms with Crippen LogP contribution in [0.2, 0.25) is 5.02 Å². The summed E-state index contributed by atoms with van der Waals surface area (Å²) in [5, 5.41) is 15.1. The first-order valence-corrected chi connectivity index (χ1v) is 9.75. The highest BCUT2D eigenvalue weighted by Gasteiger charge is 2.17. The molecule has 1 atom stereocenters. The minimum Gasteiger partial charge on any atom is -0.374 e. The van der Waals surface area contributed by atoms with Gasteiger partial charge >= 0.3 is 0 Å². The van der Waals surface area contributed by atoms with Crippen molar-refractivity contribution in [1.29, 1.82) is 0 Å². The number of H-pyrrole nitrogens is 1. The summed E-state index contributed by atoms with van der Waals surface area (Å²) >= 11 is 6.15. The van der Waals surface area contributed by atoms with E-state index in [9.17, 15) is 0 Å². The number of anilines is 1. The first-order chi connectivity index (χ1) is 14.3. The molecule has 146 valence electrons. The predicted octanol–water partition coefficient (Wildman–Crippen LogP) is 4.46. The van der Waals surface area contributed by atoms with Crippen molar-refractivity contribution >= 4 is 17.3 Å². The number of rotatable bonds is 8. The fourth-order valence-corrected chi connectivity index (χ4v) is 3.20. The molecule has 1 unspecified atom stereocenters. The molecule has 4 rings (SSSR count). The number of halogens is 1. The van der Waals surface area contributed by atoms with Gasteiger partial charge in [-0.15, -0.1) is 0 Å². The Morgan fingerprint density at radius 3 is 2.59 bits per heavy atom. The summed E-state index contributed by atoms with van der Waals surface area (Å²) in [5.41, 5.74) is 3.07. The van der Waals surface area contributed by atoms with E-state index >= 15 is 0 Å². The highest BCUT2D eigenvalue weighted by atomic mass is 35.5. The quantitative estimate of drug-likeness (QED) is 0.404. The van der Waals surface area contributed by atoms with Crippen LogP contribution < -0.4 is 10.6 Å². The number of nitrogens with one attached hydrogen (secondary N) is 3. The summed E-state index contributed by atoms with van der Waals surface area (Å²) in [4.78, 5) is 8.74. The van der Waals surface area contributed by atoms with Crippen LogP contribution in [0.15, 0.2) is 79.1 Å². The van der Waals surface area contributed by atoms with Crippen molar-refractivity contribution in [3.05, 3.63) is 95.5 Å². The monoisotopic (exact) mass is 404 g/mol. The fourth-order valence-electron chi connectivity index (χ4n) is 3.01. The second kappa shape index (κ2) is 9.32. The number of hydrogen-bond donors (Lipinski definition) is 3. The molecule has 0 amide bonds. The summed E-state index contributed by atoms with van der Waals surface area (Å²) in [6, 6.07) is 21.6. The summed E-state index contributed by atoms with van der Waals surface area (Å²) in [6.45, 7) is 1.42. The molecule has 0 spiro atoms. The minimum atomic E-state index is -0.111. The third-order valence-corrected chi connectivity index (χ3v) is 4.69. The molecule has 29 heavy (non-hydrogen) atoms. The van der Waals surface area contributed by atoms with Crippen LogP contribution in [-0.2, 0) is 6.54 Å². The van der Waals surface area contributed by atoms with Crippen LogP contribution in [-0.4, -0.2) is 26.7 Å². The lowest BCUT2D eigenvalue weighted by Crippen LogP contribution is -2.27. The fraction of sp³-hybridized carbons (Fsp3) is 0.136. The van der Waals surface area contributed by atoms with Crippen LogP contribution in [0.1, 0.15) is 17.4 Å². The molecule has 7 heteroatoms. The number of hydrogen-bond acceptors (Lipinski definition) is 5. The zero-order valence-corrected chi connectivity index (χ0v) is 16.5. The molecule has 2 aromatic heterocycles. The van der Waals surface area contributed by atoms with E-state index in [-0.39, 0.29) is 6.04 Å². The van der Waals surface area contributed by atoms with Gasteiger partial charge < -0.3 is 10.6 Å². The van der Waals surface area contributed by atoms with Gasteiger partial charge in [0.05, 0.1) is 6.04 Å². The molecule has 0 bridgehead atoms. The maximum absolute atomic E-state index is 6.15. The average molecular weight is 405 g/mol. The zero-order valence-electron chi connectivity index (χ0n) is 15.7. The van der Waals surface area contributed by atoms with Gasteiger partial charge in [0.15, 0.2) is 5.82 Å². The molecule has 0 saturated heterocycles. The second-order valence-electron chi connectivity index (χ2n) is 6.60. The third kappa shape index (κ3) is 5.19. The number of benzene rings is 2. The Kier molecular flexibility index (Phi) is 6.14. The summed E-state index contributed by atoms with van der Waals surface area (Å²) in [7, 11) is 0. The second-order valence-corrected chi connectivity index (χ2v) is 7.04. The van der Waals surface area contributed by atoms with E-state index in [0.29, 0.717) is 17.4 Å². The van der Waals surface area contributed by atoms with Crippen molar-refractivity contribution in [2.45, 2.75) is 12.6 Å². The Labute approximate surface area is 174 Å². The van der Waals surface area contributed by atoms with Crippen molar-refractivity contribution in [2.75, 3.05) is 11.9 Å². The van der Waals surface area contributed by atoms with E-state index in [2.05, 4.69) is 37.9 Å². The molecular formula is C22H21ClN6. The normalized spacial score (nSPS) is 11.9. The zero-order chi connectivity index (χ0) is 19.9. The number of aromatic amines is 1. The van der Waals surface area contributed by atoms with Crippen LogP contribution in [0, 0.1) is 0 Å². The van der Waals surface area contributed by atoms with Crippen LogP contribution >= 0.6 is 11.6 Å². The van der Waals surface area contributed by atoms with Gasteiger partial charge in [0.25, 0.3) is 0 Å². The largest absolute Gasteiger partial charge is 0.374 e. The van der Waals surface area contributed by atoms with E-state index in [0.717, 1.165) is 23.6 Å². The summed E-state index contributed by atoms with van der Waals surface area (Å²) in [5.74, 6) is 1.39. The molecule has 0 radical (unpaired) electrons.